The van der Waals surface area contributed by atoms with Crippen LogP contribution in [0.4, 0.5) is 0 Å². The first-order chi connectivity index (χ1) is 7.52. The largest absolute Gasteiger partial charge is 0.343 e. The Morgan fingerprint density at radius 1 is 1.06 bits per heavy atom. The Morgan fingerprint density at radius 2 is 1.62 bits per heavy atom. The van der Waals surface area contributed by atoms with Gasteiger partial charge in [0.15, 0.2) is 5.79 Å². The van der Waals surface area contributed by atoms with Gasteiger partial charge in [0.25, 0.3) is 0 Å². The van der Waals surface area contributed by atoms with Crippen LogP contribution in [0, 0.1) is 5.41 Å². The molecule has 0 amide bonds. The van der Waals surface area contributed by atoms with E-state index in [4.69, 9.17) is 9.47 Å². The molecule has 2 heteroatoms. The van der Waals surface area contributed by atoms with Crippen molar-refractivity contribution in [3.05, 3.63) is 35.9 Å². The van der Waals surface area contributed by atoms with Crippen LogP contribution in [0.5, 0.6) is 0 Å². The molecule has 1 aromatic carbocycles. The average Bonchev–Trinajstić information content (AvgIpc) is 2.66. The summed E-state index contributed by atoms with van der Waals surface area (Å²) in [5.74, 6) is -0.528. The summed E-state index contributed by atoms with van der Waals surface area (Å²) >= 11 is 0. The lowest BCUT2D eigenvalue weighted by atomic mass is 9.84. The zero-order valence-corrected chi connectivity index (χ0v) is 10.3. The highest BCUT2D eigenvalue weighted by Crippen LogP contribution is 2.41. The predicted octanol–water partition coefficient (Wildman–Crippen LogP) is 3.32. The first kappa shape index (κ1) is 11.6. The molecule has 0 atom stereocenters. The minimum absolute atomic E-state index is 0.181. The van der Waals surface area contributed by atoms with Gasteiger partial charge < -0.3 is 9.47 Å². The van der Waals surface area contributed by atoms with Crippen molar-refractivity contribution in [2.24, 2.45) is 5.41 Å². The van der Waals surface area contributed by atoms with E-state index in [0.29, 0.717) is 13.2 Å². The molecule has 0 bridgehead atoms. The highest BCUT2D eigenvalue weighted by molar-refractivity contribution is 5.21. The van der Waals surface area contributed by atoms with E-state index in [2.05, 4.69) is 32.9 Å². The zero-order valence-electron chi connectivity index (χ0n) is 10.3. The molecule has 2 nitrogen and oxygen atoms in total. The predicted molar refractivity (Wildman–Crippen MR) is 64.1 cm³/mol. The molecule has 0 radical (unpaired) electrons. The molecular weight excluding hydrogens is 200 g/mol. The molecule has 1 saturated heterocycles. The topological polar surface area (TPSA) is 18.5 Å². The summed E-state index contributed by atoms with van der Waals surface area (Å²) in [7, 11) is 0. The summed E-state index contributed by atoms with van der Waals surface area (Å²) in [4.78, 5) is 0. The van der Waals surface area contributed by atoms with Crippen LogP contribution in [0.25, 0.3) is 0 Å². The lowest BCUT2D eigenvalue weighted by Gasteiger charge is -2.34. The fraction of sp³-hybridized carbons (Fsp3) is 0.571. The van der Waals surface area contributed by atoms with Crippen molar-refractivity contribution in [1.29, 1.82) is 0 Å². The lowest BCUT2D eigenvalue weighted by Crippen LogP contribution is -2.32. The molecule has 0 aliphatic carbocycles. The van der Waals surface area contributed by atoms with Crippen LogP contribution >= 0.6 is 0 Å². The average molecular weight is 220 g/mol. The highest BCUT2D eigenvalue weighted by atomic mass is 16.7. The van der Waals surface area contributed by atoms with Gasteiger partial charge in [0.1, 0.15) is 0 Å². The van der Waals surface area contributed by atoms with Crippen molar-refractivity contribution in [1.82, 2.24) is 0 Å². The van der Waals surface area contributed by atoms with E-state index in [-0.39, 0.29) is 5.41 Å². The third-order valence-corrected chi connectivity index (χ3v) is 2.73. The van der Waals surface area contributed by atoms with Gasteiger partial charge in [0.2, 0.25) is 0 Å². The molecule has 1 fully saturated rings. The SMILES string of the molecule is CC(C)(C)CC1(c2ccccc2)OCCO1. The quantitative estimate of drug-likeness (QED) is 0.761. The van der Waals surface area contributed by atoms with E-state index in [1.165, 1.54) is 0 Å². The molecule has 1 aromatic rings. The maximum atomic E-state index is 5.88. The van der Waals surface area contributed by atoms with Crippen molar-refractivity contribution in [2.75, 3.05) is 13.2 Å². The summed E-state index contributed by atoms with van der Waals surface area (Å²) in [6, 6.07) is 10.2. The molecule has 1 heterocycles. The Bertz CT molecular complexity index is 332. The smallest absolute Gasteiger partial charge is 0.195 e. The van der Waals surface area contributed by atoms with Crippen molar-refractivity contribution < 1.29 is 9.47 Å². The van der Waals surface area contributed by atoms with Crippen molar-refractivity contribution in [3.63, 3.8) is 0 Å². The van der Waals surface area contributed by atoms with Gasteiger partial charge in [-0.1, -0.05) is 51.1 Å². The Balaban J connectivity index is 2.29. The first-order valence-corrected chi connectivity index (χ1v) is 5.85. The molecule has 0 aromatic heterocycles. The summed E-state index contributed by atoms with van der Waals surface area (Å²) in [5, 5.41) is 0. The van der Waals surface area contributed by atoms with Crippen LogP contribution in [0.1, 0.15) is 32.8 Å². The Kier molecular flexibility index (Phi) is 3.04. The molecule has 0 N–H and O–H groups in total. The third-order valence-electron chi connectivity index (χ3n) is 2.73. The van der Waals surface area contributed by atoms with E-state index in [0.717, 1.165) is 12.0 Å². The second kappa shape index (κ2) is 4.19. The molecule has 1 aliphatic rings. The number of hydrogen-bond acceptors (Lipinski definition) is 2. The summed E-state index contributed by atoms with van der Waals surface area (Å²) in [5.41, 5.74) is 1.31. The summed E-state index contributed by atoms with van der Waals surface area (Å²) in [6.45, 7) is 8.00. The van der Waals surface area contributed by atoms with Crippen molar-refractivity contribution >= 4 is 0 Å². The zero-order chi connectivity index (χ0) is 11.6. The second-order valence-corrected chi connectivity index (χ2v) is 5.55. The van der Waals surface area contributed by atoms with Gasteiger partial charge >= 0.3 is 0 Å². The Morgan fingerprint density at radius 3 is 2.12 bits per heavy atom. The molecule has 88 valence electrons. The van der Waals surface area contributed by atoms with E-state index in [1.807, 2.05) is 18.2 Å². The van der Waals surface area contributed by atoms with Crippen LogP contribution in [-0.4, -0.2) is 13.2 Å². The van der Waals surface area contributed by atoms with Crippen molar-refractivity contribution in [2.45, 2.75) is 33.0 Å². The second-order valence-electron chi connectivity index (χ2n) is 5.55. The van der Waals surface area contributed by atoms with Crippen LogP contribution in [0.15, 0.2) is 30.3 Å². The third kappa shape index (κ3) is 2.45. The molecule has 2 rings (SSSR count). The Labute approximate surface area is 97.6 Å². The molecule has 16 heavy (non-hydrogen) atoms. The fourth-order valence-electron chi connectivity index (χ4n) is 2.22. The van der Waals surface area contributed by atoms with Gasteiger partial charge in [0, 0.05) is 12.0 Å². The van der Waals surface area contributed by atoms with Gasteiger partial charge in [-0.25, -0.2) is 0 Å². The normalized spacial score (nSPS) is 19.9. The van der Waals surface area contributed by atoms with Crippen molar-refractivity contribution in [3.8, 4) is 0 Å². The van der Waals surface area contributed by atoms with Gasteiger partial charge in [-0.15, -0.1) is 0 Å². The molecular formula is C14H20O2. The van der Waals surface area contributed by atoms with Crippen LogP contribution in [0.2, 0.25) is 0 Å². The number of rotatable bonds is 2. The van der Waals surface area contributed by atoms with Gasteiger partial charge in [-0.2, -0.15) is 0 Å². The first-order valence-electron chi connectivity index (χ1n) is 5.85. The van der Waals surface area contributed by atoms with E-state index in [1.54, 1.807) is 0 Å². The monoisotopic (exact) mass is 220 g/mol. The Hall–Kier alpha value is -0.860. The summed E-state index contributed by atoms with van der Waals surface area (Å²) in [6.07, 6.45) is 0.879. The molecule has 0 unspecified atom stereocenters. The van der Waals surface area contributed by atoms with E-state index < -0.39 is 5.79 Å². The lowest BCUT2D eigenvalue weighted by molar-refractivity contribution is -0.185. The number of ether oxygens (including phenoxy) is 2. The standard InChI is InChI=1S/C14H20O2/c1-13(2,3)11-14(15-9-10-16-14)12-7-5-4-6-8-12/h4-8H,9-11H2,1-3H3. The maximum Gasteiger partial charge on any atom is 0.195 e. The molecule has 0 spiro atoms. The number of hydrogen-bond donors (Lipinski definition) is 0. The van der Waals surface area contributed by atoms with E-state index in [9.17, 15) is 0 Å². The maximum absolute atomic E-state index is 5.88. The van der Waals surface area contributed by atoms with Crippen LogP contribution in [-0.2, 0) is 15.3 Å². The molecule has 1 aliphatic heterocycles. The van der Waals surface area contributed by atoms with Gasteiger partial charge in [0.05, 0.1) is 13.2 Å². The van der Waals surface area contributed by atoms with Crippen LogP contribution in [0.3, 0.4) is 0 Å². The van der Waals surface area contributed by atoms with Gasteiger partial charge in [-0.3, -0.25) is 0 Å². The summed E-state index contributed by atoms with van der Waals surface area (Å²) < 4.78 is 11.8. The molecule has 0 saturated carbocycles. The van der Waals surface area contributed by atoms with Gasteiger partial charge in [-0.05, 0) is 5.41 Å². The number of benzene rings is 1. The highest BCUT2D eigenvalue weighted by Gasteiger charge is 2.41. The minimum atomic E-state index is -0.528. The fourth-order valence-corrected chi connectivity index (χ4v) is 2.22. The van der Waals surface area contributed by atoms with Crippen LogP contribution < -0.4 is 0 Å². The van der Waals surface area contributed by atoms with E-state index >= 15 is 0 Å². The minimum Gasteiger partial charge on any atom is -0.343 e.